The minimum atomic E-state index is -0.325. The van der Waals surface area contributed by atoms with Crippen molar-refractivity contribution in [3.63, 3.8) is 0 Å². The molecular formula is C17H15FN2O2. The molecule has 1 unspecified atom stereocenters. The number of nitrogens with zero attached hydrogens (tertiary/aromatic N) is 2. The van der Waals surface area contributed by atoms with Gasteiger partial charge in [-0.15, -0.1) is 0 Å². The van der Waals surface area contributed by atoms with E-state index in [4.69, 9.17) is 0 Å². The second kappa shape index (κ2) is 5.60. The van der Waals surface area contributed by atoms with Crippen LogP contribution in [0.2, 0.25) is 0 Å². The SMILES string of the molecule is CC1=C([N+](=O)[O-])CC(c2ccc(F)cc2)N1c1ccccc1. The Morgan fingerprint density at radius 3 is 2.36 bits per heavy atom. The van der Waals surface area contributed by atoms with E-state index in [-0.39, 0.29) is 22.5 Å². The molecule has 2 aromatic rings. The fourth-order valence-corrected chi connectivity index (χ4v) is 2.92. The molecule has 0 saturated heterocycles. The summed E-state index contributed by atoms with van der Waals surface area (Å²) in [5.41, 5.74) is 2.59. The Labute approximate surface area is 127 Å². The Morgan fingerprint density at radius 2 is 1.77 bits per heavy atom. The average molecular weight is 298 g/mol. The molecule has 0 spiro atoms. The molecule has 0 bridgehead atoms. The van der Waals surface area contributed by atoms with E-state index in [1.807, 2.05) is 35.2 Å². The van der Waals surface area contributed by atoms with Crippen LogP contribution >= 0.6 is 0 Å². The summed E-state index contributed by atoms with van der Waals surface area (Å²) in [6, 6.07) is 15.5. The smallest absolute Gasteiger partial charge is 0.267 e. The lowest BCUT2D eigenvalue weighted by Gasteiger charge is -2.28. The van der Waals surface area contributed by atoms with Gasteiger partial charge in [-0.25, -0.2) is 4.39 Å². The number of rotatable bonds is 3. The zero-order valence-corrected chi connectivity index (χ0v) is 12.1. The van der Waals surface area contributed by atoms with Crippen LogP contribution in [0.3, 0.4) is 0 Å². The fraction of sp³-hybridized carbons (Fsp3) is 0.176. The monoisotopic (exact) mass is 298 g/mol. The van der Waals surface area contributed by atoms with Crippen LogP contribution < -0.4 is 4.90 Å². The maximum absolute atomic E-state index is 13.1. The fourth-order valence-electron chi connectivity index (χ4n) is 2.92. The molecule has 3 rings (SSSR count). The van der Waals surface area contributed by atoms with Crippen LogP contribution in [0, 0.1) is 15.9 Å². The van der Waals surface area contributed by atoms with Gasteiger partial charge >= 0.3 is 0 Å². The van der Waals surface area contributed by atoms with E-state index in [1.165, 1.54) is 12.1 Å². The van der Waals surface area contributed by atoms with Gasteiger partial charge in [-0.2, -0.15) is 0 Å². The highest BCUT2D eigenvalue weighted by molar-refractivity contribution is 5.57. The molecule has 0 fully saturated rings. The lowest BCUT2D eigenvalue weighted by atomic mass is 10.0. The van der Waals surface area contributed by atoms with Gasteiger partial charge in [0.15, 0.2) is 0 Å². The first-order valence-electron chi connectivity index (χ1n) is 7.02. The molecule has 22 heavy (non-hydrogen) atoms. The van der Waals surface area contributed by atoms with E-state index in [0.29, 0.717) is 12.1 Å². The van der Waals surface area contributed by atoms with Crippen LogP contribution in [0.25, 0.3) is 0 Å². The van der Waals surface area contributed by atoms with Crippen molar-refractivity contribution in [3.05, 3.63) is 87.5 Å². The molecule has 0 aliphatic carbocycles. The molecule has 0 amide bonds. The topological polar surface area (TPSA) is 46.4 Å². The third-order valence-electron chi connectivity index (χ3n) is 3.99. The summed E-state index contributed by atoms with van der Waals surface area (Å²) in [7, 11) is 0. The summed E-state index contributed by atoms with van der Waals surface area (Å²) in [6.45, 7) is 1.76. The lowest BCUT2D eigenvalue weighted by molar-refractivity contribution is -0.428. The van der Waals surface area contributed by atoms with Crippen LogP contribution in [0.1, 0.15) is 24.9 Å². The Bertz CT molecular complexity index is 726. The summed E-state index contributed by atoms with van der Waals surface area (Å²) in [4.78, 5) is 12.9. The molecule has 0 N–H and O–H groups in total. The quantitative estimate of drug-likeness (QED) is 0.627. The number of hydrogen-bond donors (Lipinski definition) is 0. The zero-order chi connectivity index (χ0) is 15.7. The number of hydrogen-bond acceptors (Lipinski definition) is 3. The normalized spacial score (nSPS) is 17.9. The maximum atomic E-state index is 13.1. The molecule has 0 saturated carbocycles. The molecule has 112 valence electrons. The van der Waals surface area contributed by atoms with E-state index < -0.39 is 0 Å². The summed E-state index contributed by atoms with van der Waals surface area (Å²) in [6.07, 6.45) is 0.305. The third-order valence-corrected chi connectivity index (χ3v) is 3.99. The molecule has 1 aliphatic heterocycles. The number of allylic oxidation sites excluding steroid dienone is 1. The van der Waals surface area contributed by atoms with Gasteiger partial charge < -0.3 is 4.90 Å². The van der Waals surface area contributed by atoms with Gasteiger partial charge in [-0.1, -0.05) is 30.3 Å². The van der Waals surface area contributed by atoms with Crippen molar-refractivity contribution >= 4 is 5.69 Å². The highest BCUT2D eigenvalue weighted by atomic mass is 19.1. The minimum absolute atomic E-state index is 0.191. The lowest BCUT2D eigenvalue weighted by Crippen LogP contribution is -2.22. The average Bonchev–Trinajstić information content (AvgIpc) is 2.86. The molecule has 0 radical (unpaired) electrons. The summed E-state index contributed by atoms with van der Waals surface area (Å²) in [5.74, 6) is -0.313. The van der Waals surface area contributed by atoms with Crippen LogP contribution in [-0.4, -0.2) is 4.92 Å². The molecule has 1 atom stereocenters. The standard InChI is InChI=1S/C17H15FN2O2/c1-12-16(20(21)22)11-17(13-7-9-14(18)10-8-13)19(12)15-5-3-2-4-6-15/h2-10,17H,11H2,1H3. The van der Waals surface area contributed by atoms with Gasteiger partial charge in [0.05, 0.1) is 23.1 Å². The van der Waals surface area contributed by atoms with Gasteiger partial charge in [0, 0.05) is 5.69 Å². The predicted octanol–water partition coefficient (Wildman–Crippen LogP) is 4.29. The maximum Gasteiger partial charge on any atom is 0.267 e. The van der Waals surface area contributed by atoms with Gasteiger partial charge in [0.2, 0.25) is 0 Å². The highest BCUT2D eigenvalue weighted by Gasteiger charge is 2.37. The number of anilines is 1. The minimum Gasteiger partial charge on any atom is -0.332 e. The van der Waals surface area contributed by atoms with Crippen molar-refractivity contribution in [3.8, 4) is 0 Å². The highest BCUT2D eigenvalue weighted by Crippen LogP contribution is 2.42. The van der Waals surface area contributed by atoms with Crippen LogP contribution in [0.5, 0.6) is 0 Å². The molecule has 0 aromatic heterocycles. The Morgan fingerprint density at radius 1 is 1.14 bits per heavy atom. The first-order chi connectivity index (χ1) is 10.6. The molecule has 4 nitrogen and oxygen atoms in total. The Balaban J connectivity index is 2.06. The van der Waals surface area contributed by atoms with E-state index >= 15 is 0 Å². The Hall–Kier alpha value is -2.69. The van der Waals surface area contributed by atoms with Gasteiger partial charge in [0.1, 0.15) is 5.82 Å². The van der Waals surface area contributed by atoms with Crippen molar-refractivity contribution in [2.24, 2.45) is 0 Å². The molecule has 1 heterocycles. The van der Waals surface area contributed by atoms with Crippen LogP contribution in [-0.2, 0) is 0 Å². The molecule has 5 heteroatoms. The van der Waals surface area contributed by atoms with E-state index in [0.717, 1.165) is 11.3 Å². The zero-order valence-electron chi connectivity index (χ0n) is 12.1. The molecule has 2 aromatic carbocycles. The van der Waals surface area contributed by atoms with Crippen molar-refractivity contribution in [1.82, 2.24) is 0 Å². The van der Waals surface area contributed by atoms with Crippen molar-refractivity contribution in [2.75, 3.05) is 4.90 Å². The van der Waals surface area contributed by atoms with Gasteiger partial charge in [-0.05, 0) is 36.8 Å². The second-order valence-electron chi connectivity index (χ2n) is 5.27. The van der Waals surface area contributed by atoms with Crippen LogP contribution in [0.4, 0.5) is 10.1 Å². The third kappa shape index (κ3) is 2.45. The summed E-state index contributed by atoms with van der Waals surface area (Å²) < 4.78 is 13.1. The van der Waals surface area contributed by atoms with E-state index in [9.17, 15) is 14.5 Å². The predicted molar refractivity (Wildman–Crippen MR) is 82.4 cm³/mol. The first-order valence-corrected chi connectivity index (χ1v) is 7.02. The van der Waals surface area contributed by atoms with Crippen molar-refractivity contribution in [1.29, 1.82) is 0 Å². The largest absolute Gasteiger partial charge is 0.332 e. The summed E-state index contributed by atoms with van der Waals surface area (Å²) >= 11 is 0. The number of para-hydroxylation sites is 1. The number of benzene rings is 2. The molecular weight excluding hydrogens is 283 g/mol. The number of nitro groups is 1. The second-order valence-corrected chi connectivity index (χ2v) is 5.27. The van der Waals surface area contributed by atoms with E-state index in [2.05, 4.69) is 0 Å². The van der Waals surface area contributed by atoms with Crippen molar-refractivity contribution < 1.29 is 9.31 Å². The summed E-state index contributed by atoms with van der Waals surface area (Å²) in [5, 5.41) is 11.3. The number of halogens is 1. The van der Waals surface area contributed by atoms with Crippen LogP contribution in [0.15, 0.2) is 66.0 Å². The van der Waals surface area contributed by atoms with E-state index in [1.54, 1.807) is 19.1 Å². The van der Waals surface area contributed by atoms with Crippen molar-refractivity contribution in [2.45, 2.75) is 19.4 Å². The Kier molecular flexibility index (Phi) is 3.63. The van der Waals surface area contributed by atoms with Gasteiger partial charge in [-0.3, -0.25) is 10.1 Å². The molecule has 1 aliphatic rings. The first kappa shape index (κ1) is 14.3. The van der Waals surface area contributed by atoms with Gasteiger partial charge in [0.25, 0.3) is 5.70 Å².